The maximum Gasteiger partial charge on any atom is 0.271 e. The van der Waals surface area contributed by atoms with E-state index >= 15 is 0 Å². The highest BCUT2D eigenvalue weighted by Gasteiger charge is 2.11. The highest BCUT2D eigenvalue weighted by Crippen LogP contribution is 2.17. The highest BCUT2D eigenvalue weighted by molar-refractivity contribution is 7.10. The second-order valence-electron chi connectivity index (χ2n) is 4.33. The third-order valence-electron chi connectivity index (χ3n) is 2.52. The number of hydrogen-bond acceptors (Lipinski definition) is 6. The average Bonchev–Trinajstić information content (AvgIpc) is 3.04. The van der Waals surface area contributed by atoms with Gasteiger partial charge in [-0.3, -0.25) is 4.79 Å². The summed E-state index contributed by atoms with van der Waals surface area (Å²) in [5.74, 6) is 0.226. The van der Waals surface area contributed by atoms with Crippen molar-refractivity contribution in [3.05, 3.63) is 32.2 Å². The van der Waals surface area contributed by atoms with Crippen LogP contribution in [0, 0.1) is 0 Å². The average molecular weight is 296 g/mol. The molecule has 0 atom stereocenters. The quantitative estimate of drug-likeness (QED) is 0.885. The van der Waals surface area contributed by atoms with E-state index in [1.54, 1.807) is 16.7 Å². The van der Waals surface area contributed by atoms with Crippen LogP contribution in [0.1, 0.15) is 46.0 Å². The van der Waals surface area contributed by atoms with Crippen LogP contribution in [0.25, 0.3) is 0 Å². The minimum absolute atomic E-state index is 0.183. The van der Waals surface area contributed by atoms with Crippen molar-refractivity contribution < 1.29 is 4.79 Å². The highest BCUT2D eigenvalue weighted by atomic mass is 32.1. The van der Waals surface area contributed by atoms with Gasteiger partial charge < -0.3 is 11.1 Å². The van der Waals surface area contributed by atoms with E-state index in [1.807, 2.05) is 5.38 Å². The standard InChI is InChI=1S/C12H16N4OS2/c1-7(2)8-5-19-11(15-8)4-14-12(17)9-6-18-10(3-13)16-9/h5-7H,3-4,13H2,1-2H3,(H,14,17). The van der Waals surface area contributed by atoms with Gasteiger partial charge >= 0.3 is 0 Å². The maximum atomic E-state index is 11.9. The van der Waals surface area contributed by atoms with E-state index in [2.05, 4.69) is 29.1 Å². The van der Waals surface area contributed by atoms with Crippen LogP contribution in [-0.2, 0) is 13.1 Å². The van der Waals surface area contributed by atoms with E-state index in [0.717, 1.165) is 15.7 Å². The van der Waals surface area contributed by atoms with Crippen LogP contribution in [0.4, 0.5) is 0 Å². The lowest BCUT2D eigenvalue weighted by atomic mass is 10.2. The first-order valence-corrected chi connectivity index (χ1v) is 7.73. The SMILES string of the molecule is CC(C)c1csc(CNC(=O)c2csc(CN)n2)n1. The van der Waals surface area contributed by atoms with Gasteiger partial charge in [0.15, 0.2) is 0 Å². The van der Waals surface area contributed by atoms with Crippen LogP contribution in [0.15, 0.2) is 10.8 Å². The molecule has 2 rings (SSSR count). The van der Waals surface area contributed by atoms with Crippen LogP contribution in [0.3, 0.4) is 0 Å². The molecule has 0 fully saturated rings. The largest absolute Gasteiger partial charge is 0.344 e. The van der Waals surface area contributed by atoms with Crippen molar-refractivity contribution >= 4 is 28.6 Å². The molecule has 0 unspecified atom stereocenters. The molecule has 7 heteroatoms. The number of amides is 1. The molecule has 19 heavy (non-hydrogen) atoms. The number of aromatic nitrogens is 2. The van der Waals surface area contributed by atoms with Crippen LogP contribution in [-0.4, -0.2) is 15.9 Å². The topological polar surface area (TPSA) is 80.9 Å². The lowest BCUT2D eigenvalue weighted by molar-refractivity contribution is 0.0946. The molecule has 0 aromatic carbocycles. The summed E-state index contributed by atoms with van der Waals surface area (Å²) in [5.41, 5.74) is 6.95. The van der Waals surface area contributed by atoms with Crippen molar-refractivity contribution in [2.24, 2.45) is 5.73 Å². The minimum atomic E-state index is -0.183. The van der Waals surface area contributed by atoms with Crippen molar-refractivity contribution in [1.82, 2.24) is 15.3 Å². The predicted octanol–water partition coefficient (Wildman–Crippen LogP) is 2.11. The summed E-state index contributed by atoms with van der Waals surface area (Å²) in [6.07, 6.45) is 0. The summed E-state index contributed by atoms with van der Waals surface area (Å²) in [6, 6.07) is 0. The fraction of sp³-hybridized carbons (Fsp3) is 0.417. The zero-order valence-electron chi connectivity index (χ0n) is 10.8. The molecule has 0 saturated heterocycles. The molecule has 2 aromatic heterocycles. The van der Waals surface area contributed by atoms with Crippen LogP contribution in [0.5, 0.6) is 0 Å². The van der Waals surface area contributed by atoms with Crippen molar-refractivity contribution in [3.63, 3.8) is 0 Å². The third kappa shape index (κ3) is 3.59. The van der Waals surface area contributed by atoms with Gasteiger partial charge in [0.05, 0.1) is 12.2 Å². The molecule has 0 aliphatic rings. The molecule has 0 aliphatic heterocycles. The molecule has 0 spiro atoms. The predicted molar refractivity (Wildman–Crippen MR) is 77.4 cm³/mol. The smallest absolute Gasteiger partial charge is 0.271 e. The summed E-state index contributed by atoms with van der Waals surface area (Å²) in [7, 11) is 0. The van der Waals surface area contributed by atoms with E-state index in [0.29, 0.717) is 24.7 Å². The number of nitrogens with one attached hydrogen (secondary N) is 1. The van der Waals surface area contributed by atoms with Gasteiger partial charge in [0, 0.05) is 17.3 Å². The molecule has 5 nitrogen and oxygen atoms in total. The Hall–Kier alpha value is -1.31. The first kappa shape index (κ1) is 14.1. The minimum Gasteiger partial charge on any atom is -0.344 e. The molecule has 0 saturated carbocycles. The Morgan fingerprint density at radius 1 is 1.32 bits per heavy atom. The van der Waals surface area contributed by atoms with E-state index in [4.69, 9.17) is 5.73 Å². The van der Waals surface area contributed by atoms with E-state index < -0.39 is 0 Å². The molecule has 2 heterocycles. The zero-order chi connectivity index (χ0) is 13.8. The summed E-state index contributed by atoms with van der Waals surface area (Å²) in [4.78, 5) is 20.5. The Morgan fingerprint density at radius 3 is 2.63 bits per heavy atom. The van der Waals surface area contributed by atoms with E-state index in [9.17, 15) is 4.79 Å². The van der Waals surface area contributed by atoms with Gasteiger partial charge in [0.2, 0.25) is 0 Å². The fourth-order valence-electron chi connectivity index (χ4n) is 1.43. The number of hydrogen-bond donors (Lipinski definition) is 2. The summed E-state index contributed by atoms with van der Waals surface area (Å²) >= 11 is 2.96. The van der Waals surface area contributed by atoms with Crippen LogP contribution in [0.2, 0.25) is 0 Å². The van der Waals surface area contributed by atoms with Crippen LogP contribution < -0.4 is 11.1 Å². The Kier molecular flexibility index (Phi) is 4.62. The van der Waals surface area contributed by atoms with Gasteiger partial charge in [-0.1, -0.05) is 13.8 Å². The van der Waals surface area contributed by atoms with Crippen molar-refractivity contribution in [1.29, 1.82) is 0 Å². The lowest BCUT2D eigenvalue weighted by Gasteiger charge is -2.00. The second-order valence-corrected chi connectivity index (χ2v) is 6.22. The summed E-state index contributed by atoms with van der Waals surface area (Å²) < 4.78 is 0. The lowest BCUT2D eigenvalue weighted by Crippen LogP contribution is -2.23. The van der Waals surface area contributed by atoms with Crippen molar-refractivity contribution in [2.45, 2.75) is 32.9 Å². The number of nitrogens with two attached hydrogens (primary N) is 1. The Labute approximate surface area is 119 Å². The zero-order valence-corrected chi connectivity index (χ0v) is 12.5. The first-order valence-electron chi connectivity index (χ1n) is 5.97. The number of rotatable bonds is 5. The van der Waals surface area contributed by atoms with Gasteiger partial charge in [-0.25, -0.2) is 9.97 Å². The Morgan fingerprint density at radius 2 is 2.05 bits per heavy atom. The molecule has 1 amide bonds. The fourth-order valence-corrected chi connectivity index (χ4v) is 2.98. The van der Waals surface area contributed by atoms with Gasteiger partial charge in [-0.15, -0.1) is 22.7 Å². The monoisotopic (exact) mass is 296 g/mol. The van der Waals surface area contributed by atoms with Gasteiger partial charge in [-0.2, -0.15) is 0 Å². The first-order chi connectivity index (χ1) is 9.10. The number of carbonyl (C=O) groups is 1. The Balaban J connectivity index is 1.92. The van der Waals surface area contributed by atoms with Gasteiger partial charge in [-0.05, 0) is 5.92 Å². The molecular formula is C12H16N4OS2. The third-order valence-corrected chi connectivity index (χ3v) is 4.26. The summed E-state index contributed by atoms with van der Waals surface area (Å²) in [5, 5.41) is 8.24. The van der Waals surface area contributed by atoms with Crippen LogP contribution >= 0.6 is 22.7 Å². The molecule has 0 aliphatic carbocycles. The maximum absolute atomic E-state index is 11.9. The van der Waals surface area contributed by atoms with Crippen molar-refractivity contribution in [2.75, 3.05) is 0 Å². The summed E-state index contributed by atoms with van der Waals surface area (Å²) in [6.45, 7) is 5.00. The number of carbonyl (C=O) groups excluding carboxylic acids is 1. The Bertz CT molecular complexity index is 562. The molecule has 3 N–H and O–H groups in total. The van der Waals surface area contributed by atoms with Gasteiger partial charge in [0.1, 0.15) is 15.7 Å². The second kappa shape index (κ2) is 6.23. The number of nitrogens with zero attached hydrogens (tertiary/aromatic N) is 2. The molecule has 0 bridgehead atoms. The molecule has 2 aromatic rings. The van der Waals surface area contributed by atoms with Gasteiger partial charge in [0.25, 0.3) is 5.91 Å². The molecular weight excluding hydrogens is 280 g/mol. The molecule has 102 valence electrons. The van der Waals surface area contributed by atoms with E-state index in [1.165, 1.54) is 11.3 Å². The normalized spacial score (nSPS) is 10.9. The molecule has 0 radical (unpaired) electrons. The van der Waals surface area contributed by atoms with Crippen molar-refractivity contribution in [3.8, 4) is 0 Å². The number of thiazole rings is 2. The van der Waals surface area contributed by atoms with E-state index in [-0.39, 0.29) is 5.91 Å².